The van der Waals surface area contributed by atoms with E-state index in [0.717, 1.165) is 43.1 Å². The molecule has 1 saturated heterocycles. The van der Waals surface area contributed by atoms with Crippen LogP contribution in [0.3, 0.4) is 0 Å². The maximum atomic E-state index is 12.8. The first kappa shape index (κ1) is 18.1. The van der Waals surface area contributed by atoms with E-state index in [0.29, 0.717) is 31.5 Å². The minimum atomic E-state index is -0.749. The molecule has 0 spiro atoms. The Morgan fingerprint density at radius 1 is 1.21 bits per heavy atom. The summed E-state index contributed by atoms with van der Waals surface area (Å²) in [6.45, 7) is 1.27. The van der Waals surface area contributed by atoms with Crippen molar-refractivity contribution < 1.29 is 14.7 Å². The number of hydrogen-bond donors (Lipinski definition) is 2. The van der Waals surface area contributed by atoms with E-state index in [1.165, 1.54) is 6.42 Å². The number of carbonyl (C=O) groups excluding carboxylic acids is 2. The maximum absolute atomic E-state index is 12.8. The lowest BCUT2D eigenvalue weighted by Crippen LogP contribution is -2.62. The molecule has 4 bridgehead atoms. The third kappa shape index (κ3) is 3.11. The van der Waals surface area contributed by atoms with Crippen molar-refractivity contribution in [3.05, 3.63) is 30.1 Å². The van der Waals surface area contributed by atoms with Crippen LogP contribution in [0.1, 0.15) is 44.1 Å². The third-order valence-electron chi connectivity index (χ3n) is 7.78. The molecule has 2 heterocycles. The van der Waals surface area contributed by atoms with Crippen LogP contribution in [0.2, 0.25) is 0 Å². The molecule has 2 N–H and O–H groups in total. The van der Waals surface area contributed by atoms with E-state index in [9.17, 15) is 14.7 Å². The van der Waals surface area contributed by atoms with Crippen LogP contribution in [0.5, 0.6) is 0 Å². The predicted molar refractivity (Wildman–Crippen MR) is 103 cm³/mol. The number of carbonyl (C=O) groups is 2. The molecule has 4 saturated carbocycles. The second-order valence-electron chi connectivity index (χ2n) is 9.55. The molecule has 6 heteroatoms. The number of hydrogen-bond acceptors (Lipinski definition) is 4. The number of pyridine rings is 1. The van der Waals surface area contributed by atoms with Crippen LogP contribution in [-0.4, -0.2) is 45.5 Å². The molecule has 6 nitrogen and oxygen atoms in total. The SMILES string of the molecule is O=C(NCC1(O)C2CC3CC(C2)CC1C3)C1CC(=O)N(Cc2cccnc2)C1. The van der Waals surface area contributed by atoms with Crippen molar-refractivity contribution in [3.8, 4) is 0 Å². The van der Waals surface area contributed by atoms with Gasteiger partial charge in [-0.05, 0) is 67.4 Å². The molecule has 0 radical (unpaired) electrons. The molecular formula is C22H29N3O3. The summed E-state index contributed by atoms with van der Waals surface area (Å²) in [6, 6.07) is 3.79. The molecule has 6 rings (SSSR count). The van der Waals surface area contributed by atoms with Crippen LogP contribution in [0.4, 0.5) is 0 Å². The highest BCUT2D eigenvalue weighted by atomic mass is 16.3. The highest BCUT2D eigenvalue weighted by Crippen LogP contribution is 2.58. The summed E-state index contributed by atoms with van der Waals surface area (Å²) in [5.41, 5.74) is 0.223. The van der Waals surface area contributed by atoms with Crippen LogP contribution in [0.15, 0.2) is 24.5 Å². The van der Waals surface area contributed by atoms with Gasteiger partial charge in [0.25, 0.3) is 0 Å². The Hall–Kier alpha value is -1.95. The number of nitrogens with zero attached hydrogens (tertiary/aromatic N) is 2. The molecule has 28 heavy (non-hydrogen) atoms. The fraction of sp³-hybridized carbons (Fsp3) is 0.682. The number of nitrogens with one attached hydrogen (secondary N) is 1. The van der Waals surface area contributed by atoms with Crippen LogP contribution in [-0.2, 0) is 16.1 Å². The fourth-order valence-corrected chi connectivity index (χ4v) is 6.47. The van der Waals surface area contributed by atoms with Crippen molar-refractivity contribution in [2.24, 2.45) is 29.6 Å². The van der Waals surface area contributed by atoms with Gasteiger partial charge in [0.2, 0.25) is 11.8 Å². The number of amides is 2. The number of likely N-dealkylation sites (tertiary alicyclic amines) is 1. The largest absolute Gasteiger partial charge is 0.387 e. The number of rotatable bonds is 5. The molecule has 1 atom stereocenters. The molecule has 1 aromatic heterocycles. The van der Waals surface area contributed by atoms with Crippen molar-refractivity contribution in [1.29, 1.82) is 0 Å². The molecular weight excluding hydrogens is 354 g/mol. The first-order valence-electron chi connectivity index (χ1n) is 10.7. The normalized spacial score (nSPS) is 38.8. The first-order valence-corrected chi connectivity index (χ1v) is 10.7. The van der Waals surface area contributed by atoms with E-state index in [4.69, 9.17) is 0 Å². The van der Waals surface area contributed by atoms with E-state index in [1.54, 1.807) is 17.3 Å². The van der Waals surface area contributed by atoms with Crippen molar-refractivity contribution in [3.63, 3.8) is 0 Å². The van der Waals surface area contributed by atoms with Gasteiger partial charge in [-0.2, -0.15) is 0 Å². The van der Waals surface area contributed by atoms with Crippen LogP contribution >= 0.6 is 0 Å². The number of aromatic nitrogens is 1. The Bertz CT molecular complexity index is 738. The average molecular weight is 383 g/mol. The minimum absolute atomic E-state index is 0.0114. The summed E-state index contributed by atoms with van der Waals surface area (Å²) < 4.78 is 0. The fourth-order valence-electron chi connectivity index (χ4n) is 6.47. The third-order valence-corrected chi connectivity index (χ3v) is 7.78. The zero-order valence-corrected chi connectivity index (χ0v) is 16.2. The second kappa shape index (κ2) is 6.83. The summed E-state index contributed by atoms with van der Waals surface area (Å²) in [5, 5.41) is 14.4. The predicted octanol–water partition coefficient (Wildman–Crippen LogP) is 1.73. The molecule has 5 fully saturated rings. The van der Waals surface area contributed by atoms with Gasteiger partial charge < -0.3 is 15.3 Å². The molecule has 1 aliphatic heterocycles. The highest BCUT2D eigenvalue weighted by molar-refractivity contribution is 5.89. The zero-order valence-electron chi connectivity index (χ0n) is 16.2. The Morgan fingerprint density at radius 3 is 2.57 bits per heavy atom. The monoisotopic (exact) mass is 383 g/mol. The van der Waals surface area contributed by atoms with E-state index < -0.39 is 5.60 Å². The van der Waals surface area contributed by atoms with Gasteiger partial charge in [-0.25, -0.2) is 0 Å². The Kier molecular flexibility index (Phi) is 4.42. The summed E-state index contributed by atoms with van der Waals surface area (Å²) in [6.07, 6.45) is 9.50. The van der Waals surface area contributed by atoms with Gasteiger partial charge >= 0.3 is 0 Å². The molecule has 4 aliphatic carbocycles. The number of aliphatic hydroxyl groups is 1. The van der Waals surface area contributed by atoms with Gasteiger partial charge in [-0.15, -0.1) is 0 Å². The summed E-state index contributed by atoms with van der Waals surface area (Å²) in [4.78, 5) is 30.9. The lowest BCUT2D eigenvalue weighted by atomic mass is 9.50. The van der Waals surface area contributed by atoms with Crippen molar-refractivity contribution >= 4 is 11.8 Å². The van der Waals surface area contributed by atoms with Gasteiger partial charge in [-0.1, -0.05) is 6.07 Å². The summed E-state index contributed by atoms with van der Waals surface area (Å²) >= 11 is 0. The first-order chi connectivity index (χ1) is 13.5. The van der Waals surface area contributed by atoms with Gasteiger partial charge in [0.05, 0.1) is 11.5 Å². The Balaban J connectivity index is 1.18. The molecule has 150 valence electrons. The summed E-state index contributed by atoms with van der Waals surface area (Å²) in [5.74, 6) is 1.82. The van der Waals surface area contributed by atoms with Crippen LogP contribution in [0.25, 0.3) is 0 Å². The van der Waals surface area contributed by atoms with Crippen molar-refractivity contribution in [1.82, 2.24) is 15.2 Å². The molecule has 0 aromatic carbocycles. The Morgan fingerprint density at radius 2 is 1.93 bits per heavy atom. The van der Waals surface area contributed by atoms with E-state index >= 15 is 0 Å². The molecule has 5 aliphatic rings. The van der Waals surface area contributed by atoms with Gasteiger partial charge in [0, 0.05) is 38.4 Å². The lowest BCUT2D eigenvalue weighted by Gasteiger charge is -2.59. The van der Waals surface area contributed by atoms with Gasteiger partial charge in [0.1, 0.15) is 0 Å². The van der Waals surface area contributed by atoms with E-state index in [-0.39, 0.29) is 24.2 Å². The smallest absolute Gasteiger partial charge is 0.225 e. The van der Waals surface area contributed by atoms with E-state index in [1.807, 2.05) is 12.1 Å². The van der Waals surface area contributed by atoms with Gasteiger partial charge in [0.15, 0.2) is 0 Å². The van der Waals surface area contributed by atoms with Gasteiger partial charge in [-0.3, -0.25) is 14.6 Å². The van der Waals surface area contributed by atoms with Crippen molar-refractivity contribution in [2.45, 2.75) is 50.7 Å². The topological polar surface area (TPSA) is 82.5 Å². The molecule has 1 unspecified atom stereocenters. The quantitative estimate of drug-likeness (QED) is 0.811. The van der Waals surface area contributed by atoms with E-state index in [2.05, 4.69) is 10.3 Å². The second-order valence-corrected chi connectivity index (χ2v) is 9.55. The van der Waals surface area contributed by atoms with Crippen molar-refractivity contribution in [2.75, 3.05) is 13.1 Å². The minimum Gasteiger partial charge on any atom is -0.387 e. The van der Waals surface area contributed by atoms with Crippen LogP contribution < -0.4 is 5.32 Å². The molecule has 1 aromatic rings. The molecule has 2 amide bonds. The zero-order chi connectivity index (χ0) is 19.3. The standard InChI is InChI=1S/C22H29N3O3/c26-20-9-17(12-25(20)11-14-2-1-3-23-10-14)21(27)24-13-22(28)18-5-15-4-16(7-18)8-19(22)6-15/h1-3,10,15-19,28H,4-9,11-13H2,(H,24,27). The maximum Gasteiger partial charge on any atom is 0.225 e. The summed E-state index contributed by atoms with van der Waals surface area (Å²) in [7, 11) is 0. The Labute approximate surface area is 165 Å². The highest BCUT2D eigenvalue weighted by Gasteiger charge is 2.56. The van der Waals surface area contributed by atoms with Crippen LogP contribution in [0, 0.1) is 29.6 Å². The lowest BCUT2D eigenvalue weighted by molar-refractivity contribution is -0.171. The average Bonchev–Trinajstić information content (AvgIpc) is 3.05.